The molecule has 2 aliphatic heterocycles. The van der Waals surface area contributed by atoms with E-state index in [2.05, 4.69) is 0 Å². The zero-order chi connectivity index (χ0) is 18.2. The molecule has 0 atom stereocenters. The smallest absolute Gasteiger partial charge is 0.266 e. The molecule has 0 unspecified atom stereocenters. The lowest BCUT2D eigenvalue weighted by Gasteiger charge is -2.36. The molecule has 2 heterocycles. The molecule has 130 valence electrons. The first-order chi connectivity index (χ1) is 11.1. The van der Waals surface area contributed by atoms with Gasteiger partial charge in [0.25, 0.3) is 11.8 Å². The van der Waals surface area contributed by atoms with Gasteiger partial charge < -0.3 is 4.74 Å². The highest BCUT2D eigenvalue weighted by Gasteiger charge is 2.40. The summed E-state index contributed by atoms with van der Waals surface area (Å²) in [5.41, 5.74) is 0.501. The summed E-state index contributed by atoms with van der Waals surface area (Å²) in [5, 5.41) is 0.270. The molecule has 1 saturated heterocycles. The molecule has 0 N–H and O–H groups in total. The maximum absolute atomic E-state index is 12.8. The molecule has 2 aliphatic rings. The zero-order valence-electron chi connectivity index (χ0n) is 15.1. The van der Waals surface area contributed by atoms with Crippen molar-refractivity contribution in [2.75, 3.05) is 13.1 Å². The van der Waals surface area contributed by atoms with Crippen molar-refractivity contribution in [3.05, 3.63) is 34.8 Å². The van der Waals surface area contributed by atoms with E-state index in [4.69, 9.17) is 17.0 Å². The van der Waals surface area contributed by atoms with Crippen LogP contribution in [0, 0.1) is 5.41 Å². The van der Waals surface area contributed by atoms with Gasteiger partial charge in [0, 0.05) is 18.5 Å². The second-order valence-corrected chi connectivity index (χ2v) is 7.19. The van der Waals surface area contributed by atoms with Crippen molar-refractivity contribution in [3.8, 4) is 0 Å². The molecule has 6 heteroatoms. The molecule has 0 radical (unpaired) electrons. The van der Waals surface area contributed by atoms with Crippen molar-refractivity contribution in [3.63, 3.8) is 0 Å². The van der Waals surface area contributed by atoms with Crippen LogP contribution in [0.1, 0.15) is 41.5 Å². The predicted octanol–water partition coefficient (Wildman–Crippen LogP) is 3.14. The number of ether oxygens (including phenoxy) is 1. The van der Waals surface area contributed by atoms with E-state index in [-0.39, 0.29) is 27.9 Å². The van der Waals surface area contributed by atoms with Gasteiger partial charge in [-0.25, -0.2) is 0 Å². The van der Waals surface area contributed by atoms with E-state index >= 15 is 0 Å². The van der Waals surface area contributed by atoms with Crippen molar-refractivity contribution in [1.29, 1.82) is 0 Å². The lowest BCUT2D eigenvalue weighted by Crippen LogP contribution is -2.56. The number of carbonyl (C=O) groups is 2. The first-order valence-corrected chi connectivity index (χ1v) is 8.52. The lowest BCUT2D eigenvalue weighted by molar-refractivity contribution is -0.133. The van der Waals surface area contributed by atoms with E-state index in [0.717, 1.165) is 5.76 Å². The molecular weight excluding hydrogens is 324 g/mol. The summed E-state index contributed by atoms with van der Waals surface area (Å²) >= 11 is 5.29. The second-order valence-electron chi connectivity index (χ2n) is 6.83. The summed E-state index contributed by atoms with van der Waals surface area (Å²) in [4.78, 5) is 28.6. The number of carbonyl (C=O) groups excluding carboxylic acids is 2. The number of hydrogen-bond acceptors (Lipinski definition) is 4. The monoisotopic (exact) mass is 348 g/mol. The third-order valence-electron chi connectivity index (χ3n) is 3.96. The molecule has 1 fully saturated rings. The number of likely N-dealkylation sites (N-methyl/N-ethyl adjacent to an activating group) is 2. The van der Waals surface area contributed by atoms with E-state index in [1.165, 1.54) is 9.80 Å². The Labute approximate surface area is 148 Å². The summed E-state index contributed by atoms with van der Waals surface area (Å²) in [6.45, 7) is 12.4. The Bertz CT molecular complexity index is 668. The van der Waals surface area contributed by atoms with E-state index in [0.29, 0.717) is 24.4 Å². The molecule has 0 aromatic heterocycles. The zero-order valence-corrected chi connectivity index (χ0v) is 15.9. The van der Waals surface area contributed by atoms with Gasteiger partial charge in [-0.2, -0.15) is 0 Å². The molecule has 24 heavy (non-hydrogen) atoms. The first-order valence-electron chi connectivity index (χ1n) is 8.12. The third kappa shape index (κ3) is 3.15. The van der Waals surface area contributed by atoms with Crippen molar-refractivity contribution < 1.29 is 14.3 Å². The minimum atomic E-state index is -0.345. The van der Waals surface area contributed by atoms with Crippen LogP contribution in [-0.4, -0.2) is 39.8 Å². The molecule has 2 amide bonds. The standard InChI is InChI=1S/C18H24N2O3S/c1-7-19-15(21)14(16(22)20(8-2)17(19)24)12-9-11(3)23-13(10-12)18(4,5)6/h9-10H,7-8H2,1-6H3. The minimum absolute atomic E-state index is 0.150. The molecule has 0 bridgehead atoms. The van der Waals surface area contributed by atoms with E-state index in [9.17, 15) is 9.59 Å². The van der Waals surface area contributed by atoms with Crippen LogP contribution in [0.4, 0.5) is 0 Å². The highest BCUT2D eigenvalue weighted by Crippen LogP contribution is 2.34. The molecule has 0 aromatic rings. The normalized spacial score (nSPS) is 19.5. The predicted molar refractivity (Wildman–Crippen MR) is 96.8 cm³/mol. The molecule has 0 saturated carbocycles. The first kappa shape index (κ1) is 18.4. The highest BCUT2D eigenvalue weighted by molar-refractivity contribution is 7.80. The van der Waals surface area contributed by atoms with E-state index in [1.807, 2.05) is 41.5 Å². The fourth-order valence-corrected chi connectivity index (χ4v) is 3.06. The molecule has 0 aromatic carbocycles. The van der Waals surface area contributed by atoms with Gasteiger partial charge in [-0.15, -0.1) is 0 Å². The van der Waals surface area contributed by atoms with Crippen LogP contribution in [0.2, 0.25) is 0 Å². The lowest BCUT2D eigenvalue weighted by atomic mass is 9.89. The topological polar surface area (TPSA) is 49.9 Å². The number of amides is 2. The summed E-state index contributed by atoms with van der Waals surface area (Å²) in [6, 6.07) is 0. The molecular formula is C18H24N2O3S. The van der Waals surface area contributed by atoms with Crippen molar-refractivity contribution in [2.24, 2.45) is 5.41 Å². The third-order valence-corrected chi connectivity index (χ3v) is 4.40. The fourth-order valence-electron chi connectivity index (χ4n) is 2.63. The summed E-state index contributed by atoms with van der Waals surface area (Å²) < 4.78 is 5.78. The van der Waals surface area contributed by atoms with Gasteiger partial charge in [0.1, 0.15) is 17.1 Å². The van der Waals surface area contributed by atoms with Crippen molar-refractivity contribution in [2.45, 2.75) is 41.5 Å². The van der Waals surface area contributed by atoms with Crippen LogP contribution >= 0.6 is 12.2 Å². The summed E-state index contributed by atoms with van der Waals surface area (Å²) in [7, 11) is 0. The maximum Gasteiger partial charge on any atom is 0.266 e. The summed E-state index contributed by atoms with van der Waals surface area (Å²) in [5.74, 6) is 0.694. The molecule has 0 spiro atoms. The van der Waals surface area contributed by atoms with Crippen molar-refractivity contribution >= 4 is 29.1 Å². The fraction of sp³-hybridized carbons (Fsp3) is 0.500. The average Bonchev–Trinajstić information content (AvgIpc) is 2.46. The Hall–Kier alpha value is -1.95. The Morgan fingerprint density at radius 3 is 1.96 bits per heavy atom. The van der Waals surface area contributed by atoms with Gasteiger partial charge in [0.2, 0.25) is 0 Å². The number of allylic oxidation sites excluding steroid dienone is 5. The van der Waals surface area contributed by atoms with Crippen molar-refractivity contribution in [1.82, 2.24) is 9.80 Å². The Balaban J connectivity index is 2.65. The Morgan fingerprint density at radius 2 is 1.54 bits per heavy atom. The van der Waals surface area contributed by atoms with Crippen LogP contribution in [0.5, 0.6) is 0 Å². The number of rotatable bonds is 2. The second kappa shape index (κ2) is 6.51. The number of thiocarbonyl (C=S) groups is 1. The molecule has 5 nitrogen and oxygen atoms in total. The quantitative estimate of drug-likeness (QED) is 0.437. The van der Waals surface area contributed by atoms with Gasteiger partial charge in [-0.3, -0.25) is 19.4 Å². The van der Waals surface area contributed by atoms with Gasteiger partial charge >= 0.3 is 0 Å². The van der Waals surface area contributed by atoms with Crippen LogP contribution in [-0.2, 0) is 14.3 Å². The number of hydrogen-bond donors (Lipinski definition) is 0. The average molecular weight is 348 g/mol. The Kier molecular flexibility index (Phi) is 4.99. The van der Waals surface area contributed by atoms with Gasteiger partial charge in [-0.05, 0) is 50.7 Å². The molecule has 2 rings (SSSR count). The molecule has 0 aliphatic carbocycles. The Morgan fingerprint density at radius 1 is 1.04 bits per heavy atom. The summed E-state index contributed by atoms with van der Waals surface area (Å²) in [6.07, 6.45) is 3.52. The largest absolute Gasteiger partial charge is 0.466 e. The van der Waals surface area contributed by atoms with Gasteiger partial charge in [0.15, 0.2) is 5.11 Å². The SMILES string of the molecule is CCN1C(=O)C(=C2C=C(C)OC(C(C)(C)C)=C2)C(=O)N(CC)C1=S. The van der Waals surface area contributed by atoms with Gasteiger partial charge in [0.05, 0.1) is 0 Å². The van der Waals surface area contributed by atoms with Crippen LogP contribution in [0.25, 0.3) is 0 Å². The van der Waals surface area contributed by atoms with Crippen LogP contribution in [0.3, 0.4) is 0 Å². The van der Waals surface area contributed by atoms with E-state index < -0.39 is 0 Å². The number of nitrogens with zero attached hydrogens (tertiary/aromatic N) is 2. The van der Waals surface area contributed by atoms with Gasteiger partial charge in [-0.1, -0.05) is 20.8 Å². The van der Waals surface area contributed by atoms with Crippen LogP contribution in [0.15, 0.2) is 34.8 Å². The van der Waals surface area contributed by atoms with E-state index in [1.54, 1.807) is 12.2 Å². The van der Waals surface area contributed by atoms with Crippen LogP contribution < -0.4 is 0 Å². The minimum Gasteiger partial charge on any atom is -0.466 e. The highest BCUT2D eigenvalue weighted by atomic mass is 32.1. The maximum atomic E-state index is 12.8.